The van der Waals surface area contributed by atoms with Crippen LogP contribution in [-0.2, 0) is 11.3 Å². The highest BCUT2D eigenvalue weighted by Crippen LogP contribution is 2.15. The minimum Gasteiger partial charge on any atom is -0.343 e. The lowest BCUT2D eigenvalue weighted by molar-refractivity contribution is -0.117. The molecule has 0 unspecified atom stereocenters. The predicted molar refractivity (Wildman–Crippen MR) is 102 cm³/mol. The van der Waals surface area contributed by atoms with E-state index >= 15 is 0 Å². The number of carbonyl (C=O) groups is 2. The number of hydrogen-bond acceptors (Lipinski definition) is 3. The van der Waals surface area contributed by atoms with Gasteiger partial charge in [0, 0.05) is 22.2 Å². The van der Waals surface area contributed by atoms with E-state index in [4.69, 9.17) is 11.6 Å². The molecule has 0 saturated heterocycles. The fraction of sp³-hybridized carbons (Fsp3) is 0.105. The maximum absolute atomic E-state index is 12.1. The highest BCUT2D eigenvalue weighted by atomic mass is 35.5. The van der Waals surface area contributed by atoms with Crippen molar-refractivity contribution in [3.63, 3.8) is 0 Å². The van der Waals surface area contributed by atoms with Crippen molar-refractivity contribution in [1.82, 2.24) is 9.88 Å². The Morgan fingerprint density at radius 1 is 1.08 bits per heavy atom. The Bertz CT molecular complexity index is 979. The van der Waals surface area contributed by atoms with Crippen LogP contribution in [0.25, 0.3) is 0 Å². The van der Waals surface area contributed by atoms with Gasteiger partial charge in [-0.3, -0.25) is 9.59 Å². The maximum Gasteiger partial charge on any atom is 0.267 e. The summed E-state index contributed by atoms with van der Waals surface area (Å²) < 4.78 is 1.85. The molecule has 1 N–H and O–H groups in total. The van der Waals surface area contributed by atoms with Gasteiger partial charge in [0.05, 0.1) is 13.1 Å². The third kappa shape index (κ3) is 4.68. The van der Waals surface area contributed by atoms with Crippen LogP contribution in [0.1, 0.15) is 15.9 Å². The summed E-state index contributed by atoms with van der Waals surface area (Å²) in [5.74, 6) is -0.714. The quantitative estimate of drug-likeness (QED) is 0.733. The second-order valence-electron chi connectivity index (χ2n) is 5.46. The number of carbonyl (C=O) groups excluding carboxylic acids is 2. The Labute approximate surface area is 159 Å². The Kier molecular flexibility index (Phi) is 5.99. The molecule has 0 aliphatic heterocycles. The Morgan fingerprint density at radius 2 is 1.81 bits per heavy atom. The van der Waals surface area contributed by atoms with Crippen LogP contribution in [0.3, 0.4) is 0 Å². The van der Waals surface area contributed by atoms with Gasteiger partial charge in [0.1, 0.15) is 0 Å². The second-order valence-corrected chi connectivity index (χ2v) is 6.74. The van der Waals surface area contributed by atoms with Crippen molar-refractivity contribution < 1.29 is 9.59 Å². The molecule has 0 aliphatic rings. The zero-order valence-electron chi connectivity index (χ0n) is 13.8. The summed E-state index contributed by atoms with van der Waals surface area (Å²) in [6, 6.07) is 16.3. The number of aromatic nitrogens is 1. The van der Waals surface area contributed by atoms with Crippen LogP contribution in [0.5, 0.6) is 0 Å². The van der Waals surface area contributed by atoms with Crippen molar-refractivity contribution >= 4 is 34.8 Å². The maximum atomic E-state index is 12.1. The molecule has 3 rings (SSSR count). The van der Waals surface area contributed by atoms with E-state index in [1.807, 2.05) is 46.5 Å². The molecule has 0 atom stereocenters. The summed E-state index contributed by atoms with van der Waals surface area (Å²) in [7, 11) is 0. The topological polar surface area (TPSA) is 63.5 Å². The highest BCUT2D eigenvalue weighted by molar-refractivity contribution is 7.07. The molecule has 132 valence electrons. The van der Waals surface area contributed by atoms with Gasteiger partial charge in [-0.05, 0) is 23.8 Å². The van der Waals surface area contributed by atoms with Crippen LogP contribution in [0.2, 0.25) is 5.02 Å². The number of nitrogens with one attached hydrogen (secondary N) is 1. The van der Waals surface area contributed by atoms with Gasteiger partial charge in [-0.25, -0.2) is 0 Å². The van der Waals surface area contributed by atoms with Crippen molar-refractivity contribution in [2.45, 2.75) is 6.54 Å². The number of rotatable bonds is 5. The van der Waals surface area contributed by atoms with Gasteiger partial charge in [0.2, 0.25) is 0 Å². The van der Waals surface area contributed by atoms with Gasteiger partial charge in [0.25, 0.3) is 11.8 Å². The van der Waals surface area contributed by atoms with E-state index in [1.54, 1.807) is 24.3 Å². The molecule has 3 aromatic rings. The van der Waals surface area contributed by atoms with Crippen LogP contribution in [0.15, 0.2) is 71.2 Å². The molecule has 0 radical (unpaired) electrons. The minimum absolute atomic E-state index is 0.155. The van der Waals surface area contributed by atoms with Gasteiger partial charge in [-0.1, -0.05) is 48.0 Å². The first-order valence-electron chi connectivity index (χ1n) is 7.91. The van der Waals surface area contributed by atoms with Crippen LogP contribution >= 0.6 is 22.9 Å². The van der Waals surface area contributed by atoms with Gasteiger partial charge in [-0.15, -0.1) is 11.3 Å². The number of nitrogens with zero attached hydrogens (tertiary/aromatic N) is 2. The van der Waals surface area contributed by atoms with Crippen molar-refractivity contribution in [1.29, 1.82) is 0 Å². The number of amides is 2. The first-order chi connectivity index (χ1) is 12.6. The highest BCUT2D eigenvalue weighted by Gasteiger charge is 2.08. The van der Waals surface area contributed by atoms with Crippen molar-refractivity contribution in [3.8, 4) is 0 Å². The molecule has 0 bridgehead atoms. The van der Waals surface area contributed by atoms with Gasteiger partial charge >= 0.3 is 0 Å². The van der Waals surface area contributed by atoms with Crippen LogP contribution < -0.4 is 10.1 Å². The second kappa shape index (κ2) is 8.60. The lowest BCUT2D eigenvalue weighted by Crippen LogP contribution is -2.30. The molecule has 0 fully saturated rings. The number of thiazole rings is 1. The first-order valence-corrected chi connectivity index (χ1v) is 9.17. The Hall–Kier alpha value is -2.70. The van der Waals surface area contributed by atoms with Crippen molar-refractivity contribution in [2.75, 3.05) is 6.54 Å². The van der Waals surface area contributed by atoms with Gasteiger partial charge in [-0.2, -0.15) is 4.99 Å². The molecule has 5 nitrogen and oxygen atoms in total. The largest absolute Gasteiger partial charge is 0.343 e. The Morgan fingerprint density at radius 3 is 2.58 bits per heavy atom. The van der Waals surface area contributed by atoms with Crippen LogP contribution in [-0.4, -0.2) is 22.9 Å². The summed E-state index contributed by atoms with van der Waals surface area (Å²) in [4.78, 5) is 28.7. The summed E-state index contributed by atoms with van der Waals surface area (Å²) in [5.41, 5.74) is 1.45. The third-order valence-corrected chi connectivity index (χ3v) is 4.78. The molecule has 26 heavy (non-hydrogen) atoms. The molecule has 2 aromatic carbocycles. The van der Waals surface area contributed by atoms with Crippen molar-refractivity contribution in [3.05, 3.63) is 87.1 Å². The van der Waals surface area contributed by atoms with E-state index in [-0.39, 0.29) is 12.5 Å². The number of benzene rings is 2. The molecule has 1 aromatic heterocycles. The lowest BCUT2D eigenvalue weighted by Gasteiger charge is -2.05. The van der Waals surface area contributed by atoms with E-state index in [9.17, 15) is 9.59 Å². The van der Waals surface area contributed by atoms with Gasteiger partial charge < -0.3 is 9.88 Å². The first kappa shape index (κ1) is 18.1. The number of hydrogen-bond donors (Lipinski definition) is 1. The number of halogens is 1. The molecule has 2 amide bonds. The van der Waals surface area contributed by atoms with Crippen LogP contribution in [0, 0.1) is 0 Å². The molecule has 0 saturated carbocycles. The standard InChI is InChI=1S/C19H16ClN3O2S/c20-16-9-5-4-8-15(16)13-23-10-11-26-19(23)22-17(24)12-21-18(25)14-6-2-1-3-7-14/h1-11H,12-13H2,(H,21,25). The van der Waals surface area contributed by atoms with Gasteiger partial charge in [0.15, 0.2) is 4.80 Å². The summed E-state index contributed by atoms with van der Waals surface area (Å²) >= 11 is 7.54. The predicted octanol–water partition coefficient (Wildman–Crippen LogP) is 3.11. The van der Waals surface area contributed by atoms with E-state index in [1.165, 1.54) is 11.3 Å². The average Bonchev–Trinajstić information content (AvgIpc) is 3.09. The normalized spacial score (nSPS) is 11.3. The summed E-state index contributed by atoms with van der Waals surface area (Å²) in [6.45, 7) is 0.364. The Balaban J connectivity index is 1.67. The summed E-state index contributed by atoms with van der Waals surface area (Å²) in [6.07, 6.45) is 1.85. The molecule has 0 spiro atoms. The third-order valence-electron chi connectivity index (χ3n) is 3.61. The summed E-state index contributed by atoms with van der Waals surface area (Å²) in [5, 5.41) is 5.10. The lowest BCUT2D eigenvalue weighted by atomic mass is 10.2. The zero-order valence-corrected chi connectivity index (χ0v) is 15.3. The van der Waals surface area contributed by atoms with E-state index in [0.717, 1.165) is 5.56 Å². The molecular weight excluding hydrogens is 370 g/mol. The molecular formula is C19H16ClN3O2S. The van der Waals surface area contributed by atoms with Crippen molar-refractivity contribution in [2.24, 2.45) is 4.99 Å². The van der Waals surface area contributed by atoms with E-state index < -0.39 is 5.91 Å². The smallest absolute Gasteiger partial charge is 0.267 e. The fourth-order valence-corrected chi connectivity index (χ4v) is 3.25. The fourth-order valence-electron chi connectivity index (χ4n) is 2.31. The van der Waals surface area contributed by atoms with Crippen LogP contribution in [0.4, 0.5) is 0 Å². The van der Waals surface area contributed by atoms with E-state index in [0.29, 0.717) is 21.9 Å². The SMILES string of the molecule is O=C(CNC(=O)c1ccccc1)N=c1sccn1Cc1ccccc1Cl. The molecule has 0 aliphatic carbocycles. The monoisotopic (exact) mass is 385 g/mol. The van der Waals surface area contributed by atoms with E-state index in [2.05, 4.69) is 10.3 Å². The molecule has 7 heteroatoms. The minimum atomic E-state index is -0.412. The average molecular weight is 386 g/mol. The molecule has 1 heterocycles. The zero-order chi connectivity index (χ0) is 18.4.